The quantitative estimate of drug-likeness (QED) is 0.620. The lowest BCUT2D eigenvalue weighted by Crippen LogP contribution is -2.43. The zero-order chi connectivity index (χ0) is 21.8. The number of carbonyl (C=O) groups is 3. The van der Waals surface area contributed by atoms with E-state index in [2.05, 4.69) is 20.5 Å². The summed E-state index contributed by atoms with van der Waals surface area (Å²) in [7, 11) is 0. The van der Waals surface area contributed by atoms with Gasteiger partial charge in [0.15, 0.2) is 5.78 Å². The molecule has 1 saturated heterocycles. The maximum Gasteiger partial charge on any atom is 0.271 e. The predicted molar refractivity (Wildman–Crippen MR) is 116 cm³/mol. The minimum Gasteiger partial charge on any atom is -0.337 e. The van der Waals surface area contributed by atoms with Gasteiger partial charge in [0.25, 0.3) is 5.91 Å². The number of hydrogen-bond acceptors (Lipinski definition) is 5. The van der Waals surface area contributed by atoms with Crippen LogP contribution in [0.5, 0.6) is 0 Å². The van der Waals surface area contributed by atoms with Crippen LogP contribution in [0.25, 0.3) is 11.4 Å². The SMILES string of the molecule is CC(=O)c1cccc(NC(=O)[C@H]2CCCN(C(=O)c3cc(-c4ccccn4)n[nH]3)C2)c1. The van der Waals surface area contributed by atoms with E-state index in [4.69, 9.17) is 0 Å². The van der Waals surface area contributed by atoms with Crippen LogP contribution < -0.4 is 5.32 Å². The molecule has 3 heterocycles. The van der Waals surface area contributed by atoms with Crippen molar-refractivity contribution in [1.82, 2.24) is 20.1 Å². The Morgan fingerprint density at radius 2 is 1.97 bits per heavy atom. The number of H-pyrrole nitrogens is 1. The number of likely N-dealkylation sites (tertiary alicyclic amines) is 1. The number of rotatable bonds is 5. The summed E-state index contributed by atoms with van der Waals surface area (Å²) >= 11 is 0. The molecule has 1 aliphatic rings. The van der Waals surface area contributed by atoms with Gasteiger partial charge in [-0.2, -0.15) is 5.10 Å². The number of nitrogens with one attached hydrogen (secondary N) is 2. The number of aromatic nitrogens is 3. The van der Waals surface area contributed by atoms with Gasteiger partial charge in [0.2, 0.25) is 5.91 Å². The summed E-state index contributed by atoms with van der Waals surface area (Å²) in [5, 5.41) is 9.86. The molecule has 2 aromatic heterocycles. The number of nitrogens with zero attached hydrogens (tertiary/aromatic N) is 3. The molecule has 158 valence electrons. The van der Waals surface area contributed by atoms with Crippen LogP contribution >= 0.6 is 0 Å². The van der Waals surface area contributed by atoms with Crippen molar-refractivity contribution in [3.8, 4) is 11.4 Å². The molecule has 2 N–H and O–H groups in total. The van der Waals surface area contributed by atoms with Crippen LogP contribution in [0.2, 0.25) is 0 Å². The normalized spacial score (nSPS) is 16.0. The van der Waals surface area contributed by atoms with E-state index in [9.17, 15) is 14.4 Å². The lowest BCUT2D eigenvalue weighted by atomic mass is 9.96. The largest absolute Gasteiger partial charge is 0.337 e. The van der Waals surface area contributed by atoms with Crippen molar-refractivity contribution in [2.24, 2.45) is 5.92 Å². The van der Waals surface area contributed by atoms with Gasteiger partial charge in [-0.25, -0.2) is 0 Å². The standard InChI is InChI=1S/C23H23N5O3/c1-15(29)16-6-4-8-18(12-16)25-22(30)17-7-5-11-28(14-17)23(31)21-13-20(26-27-21)19-9-2-3-10-24-19/h2-4,6,8-10,12-13,17H,5,7,11,14H2,1H3,(H,25,30)(H,26,27)/t17-/m0/s1. The van der Waals surface area contributed by atoms with Gasteiger partial charge in [-0.05, 0) is 50.1 Å². The van der Waals surface area contributed by atoms with E-state index in [0.717, 1.165) is 6.42 Å². The Hall–Kier alpha value is -3.81. The fraction of sp³-hybridized carbons (Fsp3) is 0.261. The van der Waals surface area contributed by atoms with E-state index in [-0.39, 0.29) is 23.5 Å². The second-order valence-corrected chi connectivity index (χ2v) is 7.60. The summed E-state index contributed by atoms with van der Waals surface area (Å²) in [6.07, 6.45) is 3.11. The molecule has 1 fully saturated rings. The van der Waals surface area contributed by atoms with Crippen molar-refractivity contribution in [1.29, 1.82) is 0 Å². The first-order valence-electron chi connectivity index (χ1n) is 10.2. The number of amides is 2. The molecule has 31 heavy (non-hydrogen) atoms. The summed E-state index contributed by atoms with van der Waals surface area (Å²) in [5.41, 5.74) is 2.77. The van der Waals surface area contributed by atoms with Crippen LogP contribution in [-0.4, -0.2) is 50.8 Å². The van der Waals surface area contributed by atoms with Crippen molar-refractivity contribution < 1.29 is 14.4 Å². The number of pyridine rings is 1. The van der Waals surface area contributed by atoms with Crippen molar-refractivity contribution in [3.63, 3.8) is 0 Å². The van der Waals surface area contributed by atoms with E-state index in [1.807, 2.05) is 18.2 Å². The molecule has 1 atom stereocenters. The van der Waals surface area contributed by atoms with Gasteiger partial charge in [0.1, 0.15) is 11.4 Å². The molecular formula is C23H23N5O3. The Labute approximate surface area is 179 Å². The number of carbonyl (C=O) groups excluding carboxylic acids is 3. The van der Waals surface area contributed by atoms with Crippen LogP contribution in [0, 0.1) is 5.92 Å². The molecule has 8 heteroatoms. The highest BCUT2D eigenvalue weighted by atomic mass is 16.2. The van der Waals surface area contributed by atoms with E-state index in [1.165, 1.54) is 6.92 Å². The van der Waals surface area contributed by atoms with E-state index < -0.39 is 0 Å². The number of benzene rings is 1. The lowest BCUT2D eigenvalue weighted by molar-refractivity contribution is -0.121. The first kappa shape index (κ1) is 20.5. The highest BCUT2D eigenvalue weighted by molar-refractivity contribution is 5.98. The topological polar surface area (TPSA) is 108 Å². The van der Waals surface area contributed by atoms with E-state index in [1.54, 1.807) is 41.4 Å². The molecule has 0 spiro atoms. The molecular weight excluding hydrogens is 394 g/mol. The Morgan fingerprint density at radius 1 is 1.10 bits per heavy atom. The van der Waals surface area contributed by atoms with Crippen molar-refractivity contribution in [2.45, 2.75) is 19.8 Å². The highest BCUT2D eigenvalue weighted by Gasteiger charge is 2.30. The summed E-state index contributed by atoms with van der Waals surface area (Å²) in [5.74, 6) is -0.727. The Balaban J connectivity index is 1.42. The average molecular weight is 417 g/mol. The molecule has 0 saturated carbocycles. The van der Waals surface area contributed by atoms with Gasteiger partial charge in [0.05, 0.1) is 11.6 Å². The van der Waals surface area contributed by atoms with Gasteiger partial charge in [-0.15, -0.1) is 0 Å². The number of aromatic amines is 1. The summed E-state index contributed by atoms with van der Waals surface area (Å²) < 4.78 is 0. The van der Waals surface area contributed by atoms with Crippen molar-refractivity contribution >= 4 is 23.3 Å². The van der Waals surface area contributed by atoms with Crippen LogP contribution in [0.1, 0.15) is 40.6 Å². The fourth-order valence-electron chi connectivity index (χ4n) is 3.68. The molecule has 1 aromatic carbocycles. The van der Waals surface area contributed by atoms with Crippen LogP contribution in [-0.2, 0) is 4.79 Å². The van der Waals surface area contributed by atoms with E-state index >= 15 is 0 Å². The molecule has 0 bridgehead atoms. The predicted octanol–water partition coefficient (Wildman–Crippen LogP) is 3.17. The molecule has 0 aliphatic carbocycles. The first-order chi connectivity index (χ1) is 15.0. The lowest BCUT2D eigenvalue weighted by Gasteiger charge is -2.31. The third-order valence-electron chi connectivity index (χ3n) is 5.35. The Morgan fingerprint density at radius 3 is 2.74 bits per heavy atom. The zero-order valence-corrected chi connectivity index (χ0v) is 17.2. The second-order valence-electron chi connectivity index (χ2n) is 7.60. The van der Waals surface area contributed by atoms with Gasteiger partial charge in [-0.1, -0.05) is 18.2 Å². The average Bonchev–Trinajstić information content (AvgIpc) is 3.30. The molecule has 0 radical (unpaired) electrons. The third kappa shape index (κ3) is 4.69. The monoisotopic (exact) mass is 417 g/mol. The van der Waals surface area contributed by atoms with E-state index in [0.29, 0.717) is 47.8 Å². The summed E-state index contributed by atoms with van der Waals surface area (Å²) in [6, 6.07) is 14.0. The number of hydrogen-bond donors (Lipinski definition) is 2. The van der Waals surface area contributed by atoms with Gasteiger partial charge in [-0.3, -0.25) is 24.5 Å². The Bertz CT molecular complexity index is 1110. The molecule has 2 amide bonds. The maximum atomic E-state index is 13.0. The molecule has 8 nitrogen and oxygen atoms in total. The first-order valence-corrected chi connectivity index (χ1v) is 10.2. The highest BCUT2D eigenvalue weighted by Crippen LogP contribution is 2.22. The molecule has 4 rings (SSSR count). The van der Waals surface area contributed by atoms with Crippen LogP contribution in [0.3, 0.4) is 0 Å². The third-order valence-corrected chi connectivity index (χ3v) is 5.35. The molecule has 1 aliphatic heterocycles. The summed E-state index contributed by atoms with van der Waals surface area (Å²) in [4.78, 5) is 43.2. The molecule has 0 unspecified atom stereocenters. The van der Waals surface area contributed by atoms with Crippen molar-refractivity contribution in [2.75, 3.05) is 18.4 Å². The number of Topliss-reactive ketones (excluding diaryl/α,β-unsaturated/α-hetero) is 1. The van der Waals surface area contributed by atoms with Crippen LogP contribution in [0.4, 0.5) is 5.69 Å². The van der Waals surface area contributed by atoms with Gasteiger partial charge in [0, 0.05) is 30.5 Å². The summed E-state index contributed by atoms with van der Waals surface area (Å²) in [6.45, 7) is 2.40. The number of ketones is 1. The van der Waals surface area contributed by atoms with Gasteiger partial charge < -0.3 is 10.2 Å². The van der Waals surface area contributed by atoms with Crippen LogP contribution in [0.15, 0.2) is 54.7 Å². The minimum absolute atomic E-state index is 0.0600. The Kier molecular flexibility index (Phi) is 5.88. The van der Waals surface area contributed by atoms with Crippen molar-refractivity contribution in [3.05, 3.63) is 66.0 Å². The number of piperidine rings is 1. The number of anilines is 1. The maximum absolute atomic E-state index is 13.0. The fourth-order valence-corrected chi connectivity index (χ4v) is 3.68. The smallest absolute Gasteiger partial charge is 0.271 e. The minimum atomic E-state index is -0.322. The second kappa shape index (κ2) is 8.91. The molecule has 3 aromatic rings. The zero-order valence-electron chi connectivity index (χ0n) is 17.2. The van der Waals surface area contributed by atoms with Gasteiger partial charge >= 0.3 is 0 Å².